The van der Waals surface area contributed by atoms with Crippen LogP contribution in [0.3, 0.4) is 0 Å². The van der Waals surface area contributed by atoms with Crippen molar-refractivity contribution in [3.63, 3.8) is 0 Å². The van der Waals surface area contributed by atoms with E-state index in [1.54, 1.807) is 18.2 Å². The molecule has 20 heavy (non-hydrogen) atoms. The number of anilines is 1. The van der Waals surface area contributed by atoms with Crippen LogP contribution in [0.5, 0.6) is 0 Å². The van der Waals surface area contributed by atoms with E-state index in [0.29, 0.717) is 11.4 Å². The molecule has 0 unspecified atom stereocenters. The molecule has 0 atom stereocenters. The van der Waals surface area contributed by atoms with Gasteiger partial charge in [0.25, 0.3) is 0 Å². The molecule has 0 saturated heterocycles. The Bertz CT molecular complexity index is 463. The highest BCUT2D eigenvalue weighted by atomic mass is 32.2. The van der Waals surface area contributed by atoms with E-state index in [-0.39, 0.29) is 6.54 Å². The Morgan fingerprint density at radius 1 is 1.35 bits per heavy atom. The Kier molecular flexibility index (Phi) is 6.60. The first kappa shape index (κ1) is 16.6. The summed E-state index contributed by atoms with van der Waals surface area (Å²) in [6, 6.07) is 7.10. The molecule has 0 aliphatic rings. The second kappa shape index (κ2) is 7.96. The monoisotopic (exact) mass is 304 g/mol. The molecule has 1 aromatic rings. The number of rotatable bonds is 7. The average molecular weight is 304 g/mol. The summed E-state index contributed by atoms with van der Waals surface area (Å²) in [6.45, 7) is 2.03. The predicted octanol–water partition coefficient (Wildman–Crippen LogP) is 3.06. The molecule has 110 valence electrons. The van der Waals surface area contributed by atoms with Gasteiger partial charge in [-0.1, -0.05) is 18.2 Å². The minimum Gasteiger partial charge on any atom is -0.324 e. The van der Waals surface area contributed by atoms with Crippen molar-refractivity contribution in [3.8, 4) is 0 Å². The van der Waals surface area contributed by atoms with Crippen LogP contribution in [-0.2, 0) is 4.79 Å². The molecule has 2 N–H and O–H groups in total. The number of thioether (sulfide) groups is 1. The average Bonchev–Trinajstić information content (AvgIpc) is 2.36. The van der Waals surface area contributed by atoms with Crippen molar-refractivity contribution in [2.75, 3.05) is 24.2 Å². The summed E-state index contributed by atoms with van der Waals surface area (Å²) in [7, 11) is 0. The Labute approximate surface area is 119 Å². The third-order valence-electron chi connectivity index (χ3n) is 2.13. The zero-order valence-electron chi connectivity index (χ0n) is 10.7. The van der Waals surface area contributed by atoms with E-state index in [1.807, 2.05) is 17.4 Å². The molecule has 1 rings (SSSR count). The van der Waals surface area contributed by atoms with E-state index in [2.05, 4.69) is 11.9 Å². The van der Waals surface area contributed by atoms with Gasteiger partial charge in [-0.2, -0.15) is 13.2 Å². The number of carbonyl (C=O) groups is 1. The van der Waals surface area contributed by atoms with Crippen molar-refractivity contribution in [1.29, 1.82) is 0 Å². The summed E-state index contributed by atoms with van der Waals surface area (Å²) in [5.74, 6) is 0.167. The number of benzene rings is 1. The molecule has 0 fully saturated rings. The lowest BCUT2D eigenvalue weighted by Gasteiger charge is -2.11. The van der Waals surface area contributed by atoms with E-state index in [1.165, 1.54) is 11.8 Å². The smallest absolute Gasteiger partial charge is 0.324 e. The second-order valence-corrected chi connectivity index (χ2v) is 4.92. The molecule has 1 aromatic carbocycles. The number of carbonyl (C=O) groups excluding carboxylic acids is 1. The summed E-state index contributed by atoms with van der Waals surface area (Å²) in [5.41, 5.74) is 0.582. The summed E-state index contributed by atoms with van der Waals surface area (Å²) in [4.78, 5) is 12.4. The highest BCUT2D eigenvalue weighted by molar-refractivity contribution is 7.99. The first-order valence-electron chi connectivity index (χ1n) is 5.82. The van der Waals surface area contributed by atoms with Gasteiger partial charge < -0.3 is 10.6 Å². The largest absolute Gasteiger partial charge is 0.401 e. The summed E-state index contributed by atoms with van der Waals surface area (Å²) < 4.78 is 35.8. The lowest BCUT2D eigenvalue weighted by molar-refractivity contribution is -0.126. The third kappa shape index (κ3) is 6.63. The van der Waals surface area contributed by atoms with Gasteiger partial charge in [-0.15, -0.1) is 18.3 Å². The SMILES string of the molecule is C=CCSc1ccccc1NC(=O)CNCC(F)(F)F. The predicted molar refractivity (Wildman–Crippen MR) is 74.9 cm³/mol. The van der Waals surface area contributed by atoms with E-state index >= 15 is 0 Å². The summed E-state index contributed by atoms with van der Waals surface area (Å²) in [5, 5.41) is 4.63. The molecule has 3 nitrogen and oxygen atoms in total. The lowest BCUT2D eigenvalue weighted by Crippen LogP contribution is -2.35. The fourth-order valence-corrected chi connectivity index (χ4v) is 2.10. The Morgan fingerprint density at radius 2 is 2.05 bits per heavy atom. The molecule has 0 heterocycles. The van der Waals surface area contributed by atoms with Gasteiger partial charge in [0.1, 0.15) is 0 Å². The topological polar surface area (TPSA) is 41.1 Å². The molecule has 0 aromatic heterocycles. The van der Waals surface area contributed by atoms with Crippen LogP contribution in [0.1, 0.15) is 0 Å². The van der Waals surface area contributed by atoms with Gasteiger partial charge in [0, 0.05) is 10.6 Å². The van der Waals surface area contributed by atoms with Crippen LogP contribution in [0.2, 0.25) is 0 Å². The first-order chi connectivity index (χ1) is 9.42. The van der Waals surface area contributed by atoms with Crippen molar-refractivity contribution in [2.45, 2.75) is 11.1 Å². The highest BCUT2D eigenvalue weighted by Crippen LogP contribution is 2.26. The van der Waals surface area contributed by atoms with Crippen molar-refractivity contribution < 1.29 is 18.0 Å². The fraction of sp³-hybridized carbons (Fsp3) is 0.308. The van der Waals surface area contributed by atoms with Gasteiger partial charge in [0.05, 0.1) is 18.8 Å². The third-order valence-corrected chi connectivity index (χ3v) is 3.20. The zero-order valence-corrected chi connectivity index (χ0v) is 11.5. The van der Waals surface area contributed by atoms with Crippen LogP contribution in [0.25, 0.3) is 0 Å². The van der Waals surface area contributed by atoms with Crippen LogP contribution in [0, 0.1) is 0 Å². The Morgan fingerprint density at radius 3 is 2.70 bits per heavy atom. The zero-order chi connectivity index (χ0) is 15.0. The molecule has 0 aliphatic heterocycles. The number of hydrogen-bond donors (Lipinski definition) is 2. The van der Waals surface area contributed by atoms with Gasteiger partial charge in [-0.3, -0.25) is 4.79 Å². The van der Waals surface area contributed by atoms with Crippen LogP contribution < -0.4 is 10.6 Å². The van der Waals surface area contributed by atoms with E-state index < -0.39 is 18.6 Å². The standard InChI is InChI=1S/C13H15F3N2OS/c1-2-7-20-11-6-4-3-5-10(11)18-12(19)8-17-9-13(14,15)16/h2-6,17H,1,7-9H2,(H,18,19). The molecule has 0 radical (unpaired) electrons. The Hall–Kier alpha value is -1.47. The molecule has 0 saturated carbocycles. The maximum absolute atomic E-state index is 11.9. The normalized spacial score (nSPS) is 11.2. The molecule has 7 heteroatoms. The second-order valence-electron chi connectivity index (χ2n) is 3.86. The van der Waals surface area contributed by atoms with Gasteiger partial charge in [0.2, 0.25) is 5.91 Å². The number of nitrogens with one attached hydrogen (secondary N) is 2. The Balaban J connectivity index is 2.51. The van der Waals surface area contributed by atoms with Gasteiger partial charge in [-0.25, -0.2) is 0 Å². The van der Waals surface area contributed by atoms with Crippen LogP contribution >= 0.6 is 11.8 Å². The van der Waals surface area contributed by atoms with Crippen LogP contribution in [-0.4, -0.2) is 30.9 Å². The van der Waals surface area contributed by atoms with Gasteiger partial charge >= 0.3 is 6.18 Å². The quantitative estimate of drug-likeness (QED) is 0.601. The fourth-order valence-electron chi connectivity index (χ4n) is 1.36. The number of amides is 1. The molecule has 1 amide bonds. The molecule has 0 spiro atoms. The van der Waals surface area contributed by atoms with Gasteiger partial charge in [-0.05, 0) is 12.1 Å². The minimum absolute atomic E-state index is 0.389. The van der Waals surface area contributed by atoms with Crippen LogP contribution in [0.4, 0.5) is 18.9 Å². The van der Waals surface area contributed by atoms with Crippen molar-refractivity contribution >= 4 is 23.4 Å². The molecule has 0 bridgehead atoms. The van der Waals surface area contributed by atoms with E-state index in [0.717, 1.165) is 4.90 Å². The first-order valence-corrected chi connectivity index (χ1v) is 6.81. The van der Waals surface area contributed by atoms with E-state index in [9.17, 15) is 18.0 Å². The summed E-state index contributed by atoms with van der Waals surface area (Å²) in [6.07, 6.45) is -2.59. The van der Waals surface area contributed by atoms with Gasteiger partial charge in [0.15, 0.2) is 0 Å². The molecular weight excluding hydrogens is 289 g/mol. The van der Waals surface area contributed by atoms with Crippen molar-refractivity contribution in [1.82, 2.24) is 5.32 Å². The number of alkyl halides is 3. The number of hydrogen-bond acceptors (Lipinski definition) is 3. The molecular formula is C13H15F3N2OS. The van der Waals surface area contributed by atoms with E-state index in [4.69, 9.17) is 0 Å². The van der Waals surface area contributed by atoms with Crippen molar-refractivity contribution in [3.05, 3.63) is 36.9 Å². The lowest BCUT2D eigenvalue weighted by atomic mass is 10.3. The minimum atomic E-state index is -4.32. The van der Waals surface area contributed by atoms with Crippen LogP contribution in [0.15, 0.2) is 41.8 Å². The maximum Gasteiger partial charge on any atom is 0.401 e. The number of halogens is 3. The van der Waals surface area contributed by atoms with Crippen molar-refractivity contribution in [2.24, 2.45) is 0 Å². The highest BCUT2D eigenvalue weighted by Gasteiger charge is 2.26. The summed E-state index contributed by atoms with van der Waals surface area (Å²) >= 11 is 1.48. The maximum atomic E-state index is 11.9. The molecule has 0 aliphatic carbocycles. The number of para-hydroxylation sites is 1.